The van der Waals surface area contributed by atoms with Crippen molar-refractivity contribution in [2.45, 2.75) is 6.92 Å². The zero-order valence-corrected chi connectivity index (χ0v) is 7.82. The fourth-order valence-electron chi connectivity index (χ4n) is 1.42. The van der Waals surface area contributed by atoms with E-state index >= 15 is 0 Å². The number of rotatable bonds is 2. The lowest BCUT2D eigenvalue weighted by atomic mass is 10.1. The van der Waals surface area contributed by atoms with Crippen molar-refractivity contribution >= 4 is 23.3 Å². The number of H-pyrrole nitrogens is 1. The highest BCUT2D eigenvalue weighted by Gasteiger charge is 1.99. The van der Waals surface area contributed by atoms with E-state index in [1.54, 1.807) is 6.08 Å². The second-order valence-corrected chi connectivity index (χ2v) is 3.12. The van der Waals surface area contributed by atoms with Crippen molar-refractivity contribution in [2.75, 3.05) is 0 Å². The summed E-state index contributed by atoms with van der Waals surface area (Å²) in [6, 6.07) is 5.91. The van der Waals surface area contributed by atoms with Crippen LogP contribution in [0, 0.1) is 6.92 Å². The van der Waals surface area contributed by atoms with Gasteiger partial charge in [-0.25, -0.2) is 0 Å². The molecule has 0 unspecified atom stereocenters. The first-order valence-electron chi connectivity index (χ1n) is 4.38. The van der Waals surface area contributed by atoms with Gasteiger partial charge in [-0.15, -0.1) is 0 Å². The largest absolute Gasteiger partial charge is 0.299 e. The van der Waals surface area contributed by atoms with E-state index in [4.69, 9.17) is 0 Å². The highest BCUT2D eigenvalue weighted by atomic mass is 16.1. The summed E-state index contributed by atoms with van der Waals surface area (Å²) < 4.78 is 0. The lowest BCUT2D eigenvalue weighted by Crippen LogP contribution is -1.74. The maximum atomic E-state index is 10.1. The number of aromatic nitrogens is 2. The molecule has 1 aromatic heterocycles. The second kappa shape index (κ2) is 3.46. The molecule has 1 aromatic carbocycles. The van der Waals surface area contributed by atoms with Crippen LogP contribution in [0.2, 0.25) is 0 Å². The van der Waals surface area contributed by atoms with Crippen molar-refractivity contribution < 1.29 is 4.79 Å². The Balaban J connectivity index is 2.51. The summed E-state index contributed by atoms with van der Waals surface area (Å²) in [6.45, 7) is 1.98. The van der Waals surface area contributed by atoms with Gasteiger partial charge in [0.05, 0.1) is 5.52 Å². The van der Waals surface area contributed by atoms with E-state index in [2.05, 4.69) is 10.2 Å². The van der Waals surface area contributed by atoms with Crippen molar-refractivity contribution in [1.82, 2.24) is 10.2 Å². The Morgan fingerprint density at radius 1 is 1.43 bits per heavy atom. The molecule has 3 heteroatoms. The van der Waals surface area contributed by atoms with Gasteiger partial charge in [0.25, 0.3) is 0 Å². The van der Waals surface area contributed by atoms with Crippen molar-refractivity contribution in [3.63, 3.8) is 0 Å². The molecule has 0 aliphatic rings. The number of aryl methyl sites for hydroxylation is 1. The molecule has 0 radical (unpaired) electrons. The Kier molecular flexibility index (Phi) is 2.14. The number of allylic oxidation sites excluding steroid dienone is 1. The van der Waals surface area contributed by atoms with Crippen molar-refractivity contribution in [1.29, 1.82) is 0 Å². The smallest absolute Gasteiger partial charge is 0.142 e. The summed E-state index contributed by atoms with van der Waals surface area (Å²) in [6.07, 6.45) is 4.00. The number of carbonyl (C=O) groups is 1. The van der Waals surface area contributed by atoms with E-state index in [0.717, 1.165) is 28.4 Å². The molecule has 70 valence electrons. The average Bonchev–Trinajstić information content (AvgIpc) is 2.57. The molecule has 1 heterocycles. The normalized spacial score (nSPS) is 11.2. The van der Waals surface area contributed by atoms with Crippen LogP contribution >= 0.6 is 0 Å². The monoisotopic (exact) mass is 186 g/mol. The number of fused-ring (bicyclic) bond motifs is 1. The van der Waals surface area contributed by atoms with Gasteiger partial charge in [-0.1, -0.05) is 18.2 Å². The van der Waals surface area contributed by atoms with Crippen LogP contribution in [0.25, 0.3) is 17.0 Å². The predicted molar refractivity (Wildman–Crippen MR) is 55.9 cm³/mol. The molecule has 0 saturated heterocycles. The van der Waals surface area contributed by atoms with Gasteiger partial charge in [0.1, 0.15) is 6.29 Å². The van der Waals surface area contributed by atoms with Gasteiger partial charge < -0.3 is 0 Å². The number of hydrogen-bond acceptors (Lipinski definition) is 2. The third-order valence-electron chi connectivity index (χ3n) is 2.14. The van der Waals surface area contributed by atoms with Gasteiger partial charge in [0, 0.05) is 11.1 Å². The van der Waals surface area contributed by atoms with Crippen LogP contribution in [0.5, 0.6) is 0 Å². The molecule has 0 aliphatic carbocycles. The zero-order valence-electron chi connectivity index (χ0n) is 7.82. The summed E-state index contributed by atoms with van der Waals surface area (Å²) in [7, 11) is 0. The third-order valence-corrected chi connectivity index (χ3v) is 2.14. The average molecular weight is 186 g/mol. The van der Waals surface area contributed by atoms with Crippen LogP contribution in [0.4, 0.5) is 0 Å². The van der Waals surface area contributed by atoms with Crippen LogP contribution < -0.4 is 0 Å². The molecule has 0 atom stereocenters. The minimum absolute atomic E-state index is 0.764. The van der Waals surface area contributed by atoms with E-state index in [1.807, 2.05) is 25.1 Å². The number of benzene rings is 1. The topological polar surface area (TPSA) is 45.8 Å². The molecular formula is C11H10N2O. The van der Waals surface area contributed by atoms with Gasteiger partial charge in [-0.2, -0.15) is 5.10 Å². The van der Waals surface area contributed by atoms with Gasteiger partial charge >= 0.3 is 0 Å². The Morgan fingerprint density at radius 2 is 2.29 bits per heavy atom. The summed E-state index contributed by atoms with van der Waals surface area (Å²) in [5.74, 6) is 0. The summed E-state index contributed by atoms with van der Waals surface area (Å²) >= 11 is 0. The maximum Gasteiger partial charge on any atom is 0.142 e. The first-order chi connectivity index (χ1) is 6.81. The number of nitrogens with one attached hydrogen (secondary N) is 1. The third kappa shape index (κ3) is 1.44. The summed E-state index contributed by atoms with van der Waals surface area (Å²) in [4.78, 5) is 10.1. The van der Waals surface area contributed by atoms with E-state index < -0.39 is 0 Å². The van der Waals surface area contributed by atoms with Gasteiger partial charge in [0.15, 0.2) is 0 Å². The van der Waals surface area contributed by atoms with E-state index in [0.29, 0.717) is 0 Å². The predicted octanol–water partition coefficient (Wildman–Crippen LogP) is 2.08. The molecule has 0 bridgehead atoms. The van der Waals surface area contributed by atoms with Crippen molar-refractivity contribution in [3.8, 4) is 0 Å². The Labute approximate surface area is 81.4 Å². The fraction of sp³-hybridized carbons (Fsp3) is 0.0909. The van der Waals surface area contributed by atoms with Crippen LogP contribution in [0.15, 0.2) is 24.3 Å². The SMILES string of the molecule is Cc1[nH]nc2cc(C=CC=O)ccc12. The van der Waals surface area contributed by atoms with E-state index in [9.17, 15) is 4.79 Å². The van der Waals surface area contributed by atoms with Crippen molar-refractivity contribution in [2.24, 2.45) is 0 Å². The minimum atomic E-state index is 0.764. The standard InChI is InChI=1S/C11H10N2O/c1-8-10-5-4-9(3-2-6-14)7-11(10)13-12-8/h2-7H,1H3,(H,12,13). The Hall–Kier alpha value is -1.90. The Morgan fingerprint density at radius 3 is 3.07 bits per heavy atom. The minimum Gasteiger partial charge on any atom is -0.299 e. The van der Waals surface area contributed by atoms with Crippen LogP contribution in [0.3, 0.4) is 0 Å². The first-order valence-corrected chi connectivity index (χ1v) is 4.38. The second-order valence-electron chi connectivity index (χ2n) is 3.12. The summed E-state index contributed by atoms with van der Waals surface area (Å²) in [5.41, 5.74) is 2.97. The molecule has 0 aliphatic heterocycles. The quantitative estimate of drug-likeness (QED) is 0.576. The first kappa shape index (κ1) is 8.69. The fourth-order valence-corrected chi connectivity index (χ4v) is 1.42. The van der Waals surface area contributed by atoms with Crippen LogP contribution in [0.1, 0.15) is 11.3 Å². The molecule has 0 amide bonds. The zero-order chi connectivity index (χ0) is 9.97. The molecule has 2 aromatic rings. The molecular weight excluding hydrogens is 176 g/mol. The lowest BCUT2D eigenvalue weighted by molar-refractivity contribution is -0.104. The Bertz CT molecular complexity index is 497. The van der Waals surface area contributed by atoms with Crippen LogP contribution in [-0.4, -0.2) is 16.5 Å². The molecule has 14 heavy (non-hydrogen) atoms. The number of carbonyl (C=O) groups excluding carboxylic acids is 1. The highest BCUT2D eigenvalue weighted by Crippen LogP contribution is 2.17. The molecule has 2 rings (SSSR count). The van der Waals surface area contributed by atoms with E-state index in [-0.39, 0.29) is 0 Å². The van der Waals surface area contributed by atoms with Gasteiger partial charge in [0.2, 0.25) is 0 Å². The number of hydrogen-bond donors (Lipinski definition) is 1. The van der Waals surface area contributed by atoms with Gasteiger partial charge in [-0.3, -0.25) is 9.89 Å². The lowest BCUT2D eigenvalue weighted by Gasteiger charge is -1.92. The van der Waals surface area contributed by atoms with Gasteiger partial charge in [-0.05, 0) is 24.6 Å². The molecule has 0 fully saturated rings. The molecule has 1 N–H and O–H groups in total. The summed E-state index contributed by atoms with van der Waals surface area (Å²) in [5, 5.41) is 8.17. The molecule has 0 spiro atoms. The van der Waals surface area contributed by atoms with Crippen molar-refractivity contribution in [3.05, 3.63) is 35.5 Å². The number of nitrogens with zero attached hydrogens (tertiary/aromatic N) is 1. The molecule has 3 nitrogen and oxygen atoms in total. The molecule has 0 saturated carbocycles. The maximum absolute atomic E-state index is 10.1. The number of aldehydes is 1. The highest BCUT2D eigenvalue weighted by molar-refractivity contribution is 5.84. The number of aromatic amines is 1. The van der Waals surface area contributed by atoms with Crippen LogP contribution in [-0.2, 0) is 4.79 Å². The van der Waals surface area contributed by atoms with E-state index in [1.165, 1.54) is 6.08 Å².